The van der Waals surface area contributed by atoms with E-state index in [0.29, 0.717) is 17.3 Å². The molecule has 0 fully saturated rings. The molecule has 0 radical (unpaired) electrons. The van der Waals surface area contributed by atoms with E-state index in [1.54, 1.807) is 32.4 Å². The van der Waals surface area contributed by atoms with Crippen LogP contribution in [0.15, 0.2) is 42.5 Å². The van der Waals surface area contributed by atoms with Gasteiger partial charge in [0.05, 0.1) is 26.7 Å². The molecule has 0 saturated carbocycles. The van der Waals surface area contributed by atoms with Gasteiger partial charge >= 0.3 is 0 Å². The summed E-state index contributed by atoms with van der Waals surface area (Å²) in [6, 6.07) is 13.2. The molecule has 2 rings (SSSR count). The molecule has 0 aliphatic heterocycles. The van der Waals surface area contributed by atoms with Gasteiger partial charge in [0.2, 0.25) is 5.91 Å². The summed E-state index contributed by atoms with van der Waals surface area (Å²) in [4.78, 5) is 14.5. The Morgan fingerprint density at radius 2 is 1.92 bits per heavy atom. The lowest BCUT2D eigenvalue weighted by molar-refractivity contribution is -0.120. The second kappa shape index (κ2) is 9.46. The second-order valence-electron chi connectivity index (χ2n) is 6.19. The van der Waals surface area contributed by atoms with E-state index in [9.17, 15) is 4.79 Å². The number of halogens is 1. The maximum atomic E-state index is 12.4. The van der Waals surface area contributed by atoms with E-state index in [2.05, 4.69) is 10.2 Å². The third kappa shape index (κ3) is 5.38. The van der Waals surface area contributed by atoms with Crippen LogP contribution in [-0.4, -0.2) is 45.7 Å². The Balaban J connectivity index is 2.05. The molecule has 0 aromatic heterocycles. The van der Waals surface area contributed by atoms with E-state index in [4.69, 9.17) is 21.1 Å². The Bertz CT molecular complexity index is 750. The standard InChI is InChI=1S/C20H25ClN2O3/c1-23(2)18(14-6-5-7-17(11-14)25-3)13-22-20(24)12-15-10-16(21)8-9-19(15)26-4/h5-11,18H,12-13H2,1-4H3,(H,22,24)/t18-/m1/s1. The predicted octanol–water partition coefficient (Wildman–Crippen LogP) is 3.32. The maximum absolute atomic E-state index is 12.4. The monoisotopic (exact) mass is 376 g/mol. The van der Waals surface area contributed by atoms with E-state index in [-0.39, 0.29) is 18.4 Å². The van der Waals surface area contributed by atoms with Crippen molar-refractivity contribution in [1.82, 2.24) is 10.2 Å². The molecule has 0 unspecified atom stereocenters. The lowest BCUT2D eigenvalue weighted by Gasteiger charge is -2.25. The van der Waals surface area contributed by atoms with Crippen LogP contribution in [0.2, 0.25) is 5.02 Å². The highest BCUT2D eigenvalue weighted by Crippen LogP contribution is 2.24. The Kier molecular flexibility index (Phi) is 7.30. The highest BCUT2D eigenvalue weighted by Gasteiger charge is 2.17. The molecule has 2 aromatic carbocycles. The molecule has 0 spiro atoms. The Morgan fingerprint density at radius 1 is 1.15 bits per heavy atom. The van der Waals surface area contributed by atoms with Gasteiger partial charge in [-0.15, -0.1) is 0 Å². The average Bonchev–Trinajstić information content (AvgIpc) is 2.62. The third-order valence-electron chi connectivity index (χ3n) is 4.19. The third-order valence-corrected chi connectivity index (χ3v) is 4.42. The first-order valence-corrected chi connectivity index (χ1v) is 8.72. The minimum Gasteiger partial charge on any atom is -0.497 e. The van der Waals surface area contributed by atoms with Crippen molar-refractivity contribution in [2.24, 2.45) is 0 Å². The number of benzene rings is 2. The van der Waals surface area contributed by atoms with Gasteiger partial charge in [-0.05, 0) is 50.0 Å². The number of rotatable bonds is 8. The summed E-state index contributed by atoms with van der Waals surface area (Å²) < 4.78 is 10.6. The molecule has 1 N–H and O–H groups in total. The largest absolute Gasteiger partial charge is 0.497 e. The van der Waals surface area contributed by atoms with Crippen LogP contribution >= 0.6 is 11.6 Å². The average molecular weight is 377 g/mol. The molecule has 0 bridgehead atoms. The van der Waals surface area contributed by atoms with Crippen LogP contribution in [0.4, 0.5) is 0 Å². The number of ether oxygens (including phenoxy) is 2. The van der Waals surface area contributed by atoms with E-state index in [1.807, 2.05) is 38.4 Å². The zero-order valence-corrected chi connectivity index (χ0v) is 16.3. The van der Waals surface area contributed by atoms with Gasteiger partial charge in [-0.3, -0.25) is 4.79 Å². The van der Waals surface area contributed by atoms with E-state index in [0.717, 1.165) is 16.9 Å². The number of carbonyl (C=O) groups is 1. The molecule has 1 amide bonds. The van der Waals surface area contributed by atoms with Gasteiger partial charge in [0.1, 0.15) is 11.5 Å². The first-order chi connectivity index (χ1) is 12.4. The summed E-state index contributed by atoms with van der Waals surface area (Å²) in [5.41, 5.74) is 1.84. The fourth-order valence-corrected chi connectivity index (χ4v) is 2.97. The van der Waals surface area contributed by atoms with Crippen molar-refractivity contribution in [1.29, 1.82) is 0 Å². The zero-order chi connectivity index (χ0) is 19.1. The van der Waals surface area contributed by atoms with Crippen LogP contribution in [-0.2, 0) is 11.2 Å². The van der Waals surface area contributed by atoms with Gasteiger partial charge in [0.15, 0.2) is 0 Å². The molecule has 6 heteroatoms. The second-order valence-corrected chi connectivity index (χ2v) is 6.63. The van der Waals surface area contributed by atoms with Crippen molar-refractivity contribution in [2.75, 3.05) is 34.9 Å². The summed E-state index contributed by atoms with van der Waals surface area (Å²) >= 11 is 6.03. The lowest BCUT2D eigenvalue weighted by Crippen LogP contribution is -2.35. The van der Waals surface area contributed by atoms with Crippen LogP contribution in [0, 0.1) is 0 Å². The quantitative estimate of drug-likeness (QED) is 0.767. The van der Waals surface area contributed by atoms with Crippen molar-refractivity contribution < 1.29 is 14.3 Å². The summed E-state index contributed by atoms with van der Waals surface area (Å²) in [5.74, 6) is 1.37. The first kappa shape index (κ1) is 20.1. The Hall–Kier alpha value is -2.24. The van der Waals surface area contributed by atoms with Gasteiger partial charge in [0.25, 0.3) is 0 Å². The number of carbonyl (C=O) groups excluding carboxylic acids is 1. The van der Waals surface area contributed by atoms with Gasteiger partial charge in [-0.2, -0.15) is 0 Å². The minimum atomic E-state index is -0.0830. The lowest BCUT2D eigenvalue weighted by atomic mass is 10.1. The number of methoxy groups -OCH3 is 2. The molecule has 26 heavy (non-hydrogen) atoms. The number of nitrogens with zero attached hydrogens (tertiary/aromatic N) is 1. The molecule has 140 valence electrons. The minimum absolute atomic E-state index is 0.0373. The van der Waals surface area contributed by atoms with Crippen LogP contribution < -0.4 is 14.8 Å². The Labute approximate surface area is 159 Å². The van der Waals surface area contributed by atoms with Crippen LogP contribution in [0.25, 0.3) is 0 Å². The molecule has 0 aliphatic rings. The van der Waals surface area contributed by atoms with Crippen molar-refractivity contribution in [3.05, 3.63) is 58.6 Å². The molecule has 5 nitrogen and oxygen atoms in total. The smallest absolute Gasteiger partial charge is 0.224 e. The van der Waals surface area contributed by atoms with Crippen LogP contribution in [0.5, 0.6) is 11.5 Å². The predicted molar refractivity (Wildman–Crippen MR) is 104 cm³/mol. The fraction of sp³-hybridized carbons (Fsp3) is 0.350. The number of hydrogen-bond donors (Lipinski definition) is 1. The fourth-order valence-electron chi connectivity index (χ4n) is 2.78. The SMILES string of the molecule is COc1cccc([C@@H](CNC(=O)Cc2cc(Cl)ccc2OC)N(C)C)c1. The van der Waals surface area contributed by atoms with E-state index in [1.165, 1.54) is 0 Å². The van der Waals surface area contributed by atoms with E-state index >= 15 is 0 Å². The normalized spacial score (nSPS) is 11.9. The molecular formula is C20H25ClN2O3. The highest BCUT2D eigenvalue weighted by molar-refractivity contribution is 6.30. The number of likely N-dealkylation sites (N-methyl/N-ethyl adjacent to an activating group) is 1. The number of hydrogen-bond acceptors (Lipinski definition) is 4. The molecule has 0 heterocycles. The van der Waals surface area contributed by atoms with Crippen molar-refractivity contribution >= 4 is 17.5 Å². The van der Waals surface area contributed by atoms with Crippen molar-refractivity contribution in [3.8, 4) is 11.5 Å². The molecular weight excluding hydrogens is 352 g/mol. The molecule has 0 aliphatic carbocycles. The zero-order valence-electron chi connectivity index (χ0n) is 15.6. The molecule has 1 atom stereocenters. The van der Waals surface area contributed by atoms with Gasteiger partial charge < -0.3 is 19.7 Å². The summed E-state index contributed by atoms with van der Waals surface area (Å²) in [7, 11) is 7.19. The number of amides is 1. The summed E-state index contributed by atoms with van der Waals surface area (Å²) in [6.07, 6.45) is 0.210. The maximum Gasteiger partial charge on any atom is 0.224 e. The summed E-state index contributed by atoms with van der Waals surface area (Å²) in [6.45, 7) is 0.488. The van der Waals surface area contributed by atoms with Crippen molar-refractivity contribution in [3.63, 3.8) is 0 Å². The molecule has 0 saturated heterocycles. The van der Waals surface area contributed by atoms with Gasteiger partial charge in [0, 0.05) is 17.1 Å². The Morgan fingerprint density at radius 3 is 2.58 bits per heavy atom. The van der Waals surface area contributed by atoms with Crippen molar-refractivity contribution in [2.45, 2.75) is 12.5 Å². The van der Waals surface area contributed by atoms with Crippen LogP contribution in [0.1, 0.15) is 17.2 Å². The van der Waals surface area contributed by atoms with E-state index < -0.39 is 0 Å². The van der Waals surface area contributed by atoms with Gasteiger partial charge in [-0.1, -0.05) is 23.7 Å². The molecule has 2 aromatic rings. The topological polar surface area (TPSA) is 50.8 Å². The first-order valence-electron chi connectivity index (χ1n) is 8.34. The number of nitrogens with one attached hydrogen (secondary N) is 1. The summed E-state index contributed by atoms with van der Waals surface area (Å²) in [5, 5.41) is 3.58. The van der Waals surface area contributed by atoms with Gasteiger partial charge in [-0.25, -0.2) is 0 Å². The van der Waals surface area contributed by atoms with Crippen LogP contribution in [0.3, 0.4) is 0 Å². The highest BCUT2D eigenvalue weighted by atomic mass is 35.5.